The molecule has 258 valence electrons. The molecule has 4 atom stereocenters. The maximum Gasteiger partial charge on any atom is 0.0336 e. The lowest BCUT2D eigenvalue weighted by atomic mass is 9.24. The fourth-order valence-corrected chi connectivity index (χ4v) is 17.2. The van der Waals surface area contributed by atoms with Crippen LogP contribution in [-0.4, -0.2) is 0 Å². The van der Waals surface area contributed by atoms with Gasteiger partial charge in [0.25, 0.3) is 0 Å². The van der Waals surface area contributed by atoms with E-state index in [0.29, 0.717) is 21.7 Å². The molecule has 0 amide bonds. The minimum Gasteiger partial charge on any atom is -0.115 e. The zero-order chi connectivity index (χ0) is 36.2. The van der Waals surface area contributed by atoms with Gasteiger partial charge in [-0.3, -0.25) is 0 Å². The van der Waals surface area contributed by atoms with Gasteiger partial charge in [-0.2, -0.15) is 0 Å². The van der Waals surface area contributed by atoms with E-state index in [4.69, 9.17) is 25.7 Å². The minimum atomic E-state index is 0.0844. The molecular formula is C52H50. The van der Waals surface area contributed by atoms with Crippen LogP contribution in [0.5, 0.6) is 0 Å². The van der Waals surface area contributed by atoms with Gasteiger partial charge in [0.15, 0.2) is 0 Å². The number of fused-ring (bicyclic) bond motifs is 2. The Kier molecular flexibility index (Phi) is 6.08. The molecule has 4 unspecified atom stereocenters. The van der Waals surface area contributed by atoms with Gasteiger partial charge >= 0.3 is 0 Å². The molecule has 0 aromatic heterocycles. The minimum absolute atomic E-state index is 0.0844. The summed E-state index contributed by atoms with van der Waals surface area (Å²) in [5.41, 5.74) is 8.51. The van der Waals surface area contributed by atoms with Crippen molar-refractivity contribution < 1.29 is 0 Å². The molecule has 8 saturated carbocycles. The SMILES string of the molecule is C#Cc1cc(C#C)c2c(C34CC5(C)CC(C)(C3)CC(C36CC7(C)CC(C)(CC(c8cccc9cc(C#C)cc(C#C)c89)(C7)C3)C6)(C5)C4)cccc2c1. The molecule has 0 saturated heterocycles. The van der Waals surface area contributed by atoms with Crippen molar-refractivity contribution in [1.82, 2.24) is 0 Å². The standard InChI is InChI=1S/C52H50/c1-9-35-19-37(11-3)43-39(21-35)15-13-17-41(43)49-25-45(5)23-46(6,26-49)30-51(29-45,33-49)52-31-47(7)24-48(8,32-52)28-50(27-47,34-52)42-18-14-16-40-22-36(10-2)20-38(12-4)44(40)42/h1-4,13-22H,23-34H2,5-8H3. The van der Waals surface area contributed by atoms with Crippen molar-refractivity contribution in [3.63, 3.8) is 0 Å². The molecule has 12 rings (SSSR count). The van der Waals surface area contributed by atoms with E-state index in [9.17, 15) is 0 Å². The molecule has 0 nitrogen and oxygen atoms in total. The van der Waals surface area contributed by atoms with Crippen molar-refractivity contribution in [2.24, 2.45) is 32.5 Å². The topological polar surface area (TPSA) is 0 Å². The van der Waals surface area contributed by atoms with Gasteiger partial charge in [-0.15, -0.1) is 25.7 Å². The van der Waals surface area contributed by atoms with E-state index < -0.39 is 0 Å². The average molecular weight is 675 g/mol. The molecule has 0 N–H and O–H groups in total. The molecule has 8 fully saturated rings. The largest absolute Gasteiger partial charge is 0.115 e. The van der Waals surface area contributed by atoms with E-state index in [1.807, 2.05) is 0 Å². The normalized spacial score (nSPS) is 40.7. The summed E-state index contributed by atoms with van der Waals surface area (Å²) in [7, 11) is 0. The van der Waals surface area contributed by atoms with Crippen LogP contribution in [0.3, 0.4) is 0 Å². The molecule has 0 radical (unpaired) electrons. The lowest BCUT2D eigenvalue weighted by molar-refractivity contribution is -0.275. The summed E-state index contributed by atoms with van der Waals surface area (Å²) in [5, 5.41) is 4.95. The van der Waals surface area contributed by atoms with Gasteiger partial charge in [-0.1, -0.05) is 87.8 Å². The van der Waals surface area contributed by atoms with Gasteiger partial charge in [-0.25, -0.2) is 0 Å². The van der Waals surface area contributed by atoms with E-state index in [2.05, 4.69) is 112 Å². The summed E-state index contributed by atoms with van der Waals surface area (Å²) in [6.07, 6.45) is 40.1. The Hall–Kier alpha value is -4.36. The predicted molar refractivity (Wildman–Crippen MR) is 216 cm³/mol. The average Bonchev–Trinajstić information content (AvgIpc) is 3.06. The number of benzene rings is 4. The molecule has 8 bridgehead atoms. The molecule has 0 spiro atoms. The zero-order valence-corrected chi connectivity index (χ0v) is 31.6. The molecule has 0 heterocycles. The van der Waals surface area contributed by atoms with Gasteiger partial charge < -0.3 is 0 Å². The van der Waals surface area contributed by atoms with Crippen LogP contribution in [-0.2, 0) is 10.8 Å². The first kappa shape index (κ1) is 32.3. The summed E-state index contributed by atoms with van der Waals surface area (Å²) in [6, 6.07) is 22.5. The third kappa shape index (κ3) is 4.12. The van der Waals surface area contributed by atoms with Crippen molar-refractivity contribution >= 4 is 21.5 Å². The fraction of sp³-hybridized carbons (Fsp3) is 0.462. The van der Waals surface area contributed by atoms with Crippen LogP contribution in [0, 0.1) is 81.9 Å². The molecular weight excluding hydrogens is 625 g/mol. The molecule has 8 aliphatic carbocycles. The van der Waals surface area contributed by atoms with E-state index in [0.717, 1.165) is 22.3 Å². The van der Waals surface area contributed by atoms with Crippen LogP contribution in [0.1, 0.15) is 138 Å². The first-order valence-corrected chi connectivity index (χ1v) is 19.7. The second-order valence-corrected chi connectivity index (χ2v) is 20.9. The lowest BCUT2D eigenvalue weighted by Crippen LogP contribution is -2.71. The fourth-order valence-electron chi connectivity index (χ4n) is 17.2. The maximum absolute atomic E-state index is 6.32. The third-order valence-corrected chi connectivity index (χ3v) is 16.0. The molecule has 0 heteroatoms. The van der Waals surface area contributed by atoms with Crippen LogP contribution in [0.4, 0.5) is 0 Å². The van der Waals surface area contributed by atoms with Crippen molar-refractivity contribution in [3.05, 3.63) is 94.0 Å². The number of rotatable bonds is 3. The number of terminal acetylenes is 4. The van der Waals surface area contributed by atoms with Crippen molar-refractivity contribution in [3.8, 4) is 49.4 Å². The van der Waals surface area contributed by atoms with Gasteiger partial charge in [0, 0.05) is 33.0 Å². The van der Waals surface area contributed by atoms with Gasteiger partial charge in [-0.05, 0) is 167 Å². The highest BCUT2D eigenvalue weighted by atomic mass is 14.8. The Morgan fingerprint density at radius 2 is 0.788 bits per heavy atom. The van der Waals surface area contributed by atoms with E-state index >= 15 is 0 Å². The predicted octanol–water partition coefficient (Wildman–Crippen LogP) is 11.9. The Balaban J connectivity index is 1.20. The third-order valence-electron chi connectivity index (χ3n) is 16.0. The highest BCUT2D eigenvalue weighted by molar-refractivity contribution is 5.94. The van der Waals surface area contributed by atoms with Crippen molar-refractivity contribution in [2.45, 2.75) is 116 Å². The zero-order valence-electron chi connectivity index (χ0n) is 31.6. The molecule has 0 aliphatic heterocycles. The van der Waals surface area contributed by atoms with Gasteiger partial charge in [0.1, 0.15) is 0 Å². The quantitative estimate of drug-likeness (QED) is 0.190. The summed E-state index contributed by atoms with van der Waals surface area (Å²) in [4.78, 5) is 0. The second kappa shape index (κ2) is 9.79. The summed E-state index contributed by atoms with van der Waals surface area (Å²) < 4.78 is 0. The van der Waals surface area contributed by atoms with Gasteiger partial charge in [0.2, 0.25) is 0 Å². The molecule has 52 heavy (non-hydrogen) atoms. The van der Waals surface area contributed by atoms with Crippen molar-refractivity contribution in [1.29, 1.82) is 0 Å². The van der Waals surface area contributed by atoms with Crippen LogP contribution >= 0.6 is 0 Å². The Morgan fingerprint density at radius 1 is 0.423 bits per heavy atom. The molecule has 4 aromatic rings. The van der Waals surface area contributed by atoms with Crippen LogP contribution in [0.15, 0.2) is 60.7 Å². The maximum atomic E-state index is 6.32. The van der Waals surface area contributed by atoms with Gasteiger partial charge in [0.05, 0.1) is 0 Å². The second-order valence-electron chi connectivity index (χ2n) is 20.9. The van der Waals surface area contributed by atoms with Crippen LogP contribution in [0.25, 0.3) is 21.5 Å². The first-order valence-electron chi connectivity index (χ1n) is 19.7. The van der Waals surface area contributed by atoms with Crippen LogP contribution in [0.2, 0.25) is 0 Å². The molecule has 4 aromatic carbocycles. The smallest absolute Gasteiger partial charge is 0.0336 e. The Labute approximate surface area is 311 Å². The molecule has 8 aliphatic rings. The van der Waals surface area contributed by atoms with Crippen molar-refractivity contribution in [2.75, 3.05) is 0 Å². The number of hydrogen-bond acceptors (Lipinski definition) is 0. The summed E-state index contributed by atoms with van der Waals surface area (Å²) in [5.74, 6) is 11.9. The summed E-state index contributed by atoms with van der Waals surface area (Å²) in [6.45, 7) is 10.7. The number of hydrogen-bond donors (Lipinski definition) is 0. The Bertz CT molecular complexity index is 2240. The highest BCUT2D eigenvalue weighted by Crippen LogP contribution is 2.85. The Morgan fingerprint density at radius 3 is 1.12 bits per heavy atom. The van der Waals surface area contributed by atoms with E-state index in [1.165, 1.54) is 110 Å². The van der Waals surface area contributed by atoms with E-state index in [-0.39, 0.29) is 21.7 Å². The lowest BCUT2D eigenvalue weighted by Gasteiger charge is -2.80. The van der Waals surface area contributed by atoms with Crippen LogP contribution < -0.4 is 0 Å². The summed E-state index contributed by atoms with van der Waals surface area (Å²) >= 11 is 0. The highest BCUT2D eigenvalue weighted by Gasteiger charge is 2.76. The first-order chi connectivity index (χ1) is 24.7. The van der Waals surface area contributed by atoms with E-state index in [1.54, 1.807) is 0 Å². The monoisotopic (exact) mass is 674 g/mol.